The molecule has 1 fully saturated rings. The second-order valence-corrected chi connectivity index (χ2v) is 10.2. The molecule has 3 aliphatic rings. The SMILES string of the molecule is CS(=O)(=O)CC1C2C=CC(CC2)C1CS(C)(=O)=O. The second kappa shape index (κ2) is 4.63. The lowest BCUT2D eigenvalue weighted by Gasteiger charge is -2.44. The first kappa shape index (κ1) is 14.1. The predicted octanol–water partition coefficient (Wildman–Crippen LogP) is 0.904. The highest BCUT2D eigenvalue weighted by atomic mass is 32.2. The Bertz CT molecular complexity index is 495. The molecular weight excluding hydrogens is 272 g/mol. The van der Waals surface area contributed by atoms with Gasteiger partial charge in [-0.2, -0.15) is 0 Å². The smallest absolute Gasteiger partial charge is 0.147 e. The van der Waals surface area contributed by atoms with Crippen LogP contribution in [-0.4, -0.2) is 40.9 Å². The van der Waals surface area contributed by atoms with Crippen molar-refractivity contribution in [3.63, 3.8) is 0 Å². The summed E-state index contributed by atoms with van der Waals surface area (Å²) in [4.78, 5) is 0. The minimum absolute atomic E-state index is 0.0292. The summed E-state index contributed by atoms with van der Waals surface area (Å²) in [5, 5.41) is 0. The summed E-state index contributed by atoms with van der Waals surface area (Å²) in [6.45, 7) is 0. The number of fused-ring (bicyclic) bond motifs is 2. The van der Waals surface area contributed by atoms with Crippen LogP contribution in [0.5, 0.6) is 0 Å². The molecule has 1 saturated carbocycles. The van der Waals surface area contributed by atoms with E-state index in [1.54, 1.807) is 0 Å². The Balaban J connectivity index is 2.26. The van der Waals surface area contributed by atoms with Crippen molar-refractivity contribution in [2.45, 2.75) is 12.8 Å². The molecule has 0 radical (unpaired) electrons. The molecule has 18 heavy (non-hydrogen) atoms. The molecule has 4 nitrogen and oxygen atoms in total. The van der Waals surface area contributed by atoms with E-state index in [1.165, 1.54) is 12.5 Å². The van der Waals surface area contributed by atoms with Crippen LogP contribution in [0.25, 0.3) is 0 Å². The topological polar surface area (TPSA) is 68.3 Å². The number of rotatable bonds is 4. The third-order valence-corrected chi connectivity index (χ3v) is 6.06. The zero-order valence-corrected chi connectivity index (χ0v) is 12.4. The molecule has 0 amide bonds. The Hall–Kier alpha value is -0.360. The van der Waals surface area contributed by atoms with E-state index in [0.717, 1.165) is 12.8 Å². The van der Waals surface area contributed by atoms with Gasteiger partial charge in [0.1, 0.15) is 19.7 Å². The fraction of sp³-hybridized carbons (Fsp3) is 0.833. The first-order chi connectivity index (χ1) is 8.16. The van der Waals surface area contributed by atoms with E-state index in [-0.39, 0.29) is 35.2 Å². The van der Waals surface area contributed by atoms with Crippen LogP contribution in [-0.2, 0) is 19.7 Å². The van der Waals surface area contributed by atoms with E-state index in [0.29, 0.717) is 0 Å². The van der Waals surface area contributed by atoms with Crippen LogP contribution < -0.4 is 0 Å². The highest BCUT2D eigenvalue weighted by molar-refractivity contribution is 7.91. The molecule has 0 aliphatic heterocycles. The molecule has 6 heteroatoms. The van der Waals surface area contributed by atoms with Crippen LogP contribution in [0, 0.1) is 23.7 Å². The molecule has 0 spiro atoms. The largest absolute Gasteiger partial charge is 0.229 e. The standard InChI is InChI=1S/C12H20O4S2/c1-17(13,14)7-11-9-3-5-10(6-4-9)12(11)8-18(2,15)16/h3,5,9-12H,4,6-8H2,1-2H3. The minimum Gasteiger partial charge on any atom is -0.229 e. The monoisotopic (exact) mass is 292 g/mol. The molecule has 0 saturated heterocycles. The van der Waals surface area contributed by atoms with Gasteiger partial charge in [-0.1, -0.05) is 12.2 Å². The molecule has 4 atom stereocenters. The van der Waals surface area contributed by atoms with Gasteiger partial charge in [0, 0.05) is 12.5 Å². The molecule has 4 unspecified atom stereocenters. The third-order valence-electron chi connectivity index (χ3n) is 4.08. The number of hydrogen-bond donors (Lipinski definition) is 0. The third kappa shape index (κ3) is 3.35. The van der Waals surface area contributed by atoms with Gasteiger partial charge in [-0.05, 0) is 36.5 Å². The van der Waals surface area contributed by atoms with Crippen molar-refractivity contribution in [1.82, 2.24) is 0 Å². The van der Waals surface area contributed by atoms with Crippen molar-refractivity contribution in [2.24, 2.45) is 23.7 Å². The normalized spacial score (nSPS) is 35.9. The van der Waals surface area contributed by atoms with Crippen LogP contribution in [0.1, 0.15) is 12.8 Å². The van der Waals surface area contributed by atoms with Crippen LogP contribution >= 0.6 is 0 Å². The van der Waals surface area contributed by atoms with Gasteiger partial charge in [-0.15, -0.1) is 0 Å². The first-order valence-electron chi connectivity index (χ1n) is 6.19. The van der Waals surface area contributed by atoms with Gasteiger partial charge in [-0.25, -0.2) is 16.8 Å². The maximum absolute atomic E-state index is 11.5. The number of sulfone groups is 2. The molecule has 0 heterocycles. The maximum Gasteiger partial charge on any atom is 0.147 e. The fourth-order valence-electron chi connectivity index (χ4n) is 3.40. The van der Waals surface area contributed by atoms with Gasteiger partial charge in [0.15, 0.2) is 0 Å². The van der Waals surface area contributed by atoms with Gasteiger partial charge in [0.05, 0.1) is 11.5 Å². The molecule has 3 aliphatic carbocycles. The van der Waals surface area contributed by atoms with Crippen molar-refractivity contribution in [1.29, 1.82) is 0 Å². The van der Waals surface area contributed by atoms with E-state index in [1.807, 2.05) is 0 Å². The summed E-state index contributed by atoms with van der Waals surface area (Å²) in [7, 11) is -6.13. The van der Waals surface area contributed by atoms with Crippen LogP contribution in [0.2, 0.25) is 0 Å². The highest BCUT2D eigenvalue weighted by Crippen LogP contribution is 2.45. The van der Waals surface area contributed by atoms with Crippen LogP contribution in [0.3, 0.4) is 0 Å². The molecule has 0 aromatic heterocycles. The second-order valence-electron chi connectivity index (χ2n) is 5.80. The predicted molar refractivity (Wildman–Crippen MR) is 71.8 cm³/mol. The van der Waals surface area contributed by atoms with Crippen molar-refractivity contribution >= 4 is 19.7 Å². The van der Waals surface area contributed by atoms with E-state index in [9.17, 15) is 16.8 Å². The van der Waals surface area contributed by atoms with Gasteiger partial charge in [0.25, 0.3) is 0 Å². The van der Waals surface area contributed by atoms with Gasteiger partial charge >= 0.3 is 0 Å². The molecule has 0 aromatic carbocycles. The van der Waals surface area contributed by atoms with Crippen molar-refractivity contribution < 1.29 is 16.8 Å². The Labute approximate surface area is 109 Å². The van der Waals surface area contributed by atoms with Gasteiger partial charge in [0.2, 0.25) is 0 Å². The van der Waals surface area contributed by atoms with E-state index in [2.05, 4.69) is 12.2 Å². The highest BCUT2D eigenvalue weighted by Gasteiger charge is 2.43. The fourth-order valence-corrected chi connectivity index (χ4v) is 5.79. The summed E-state index contributed by atoms with van der Waals surface area (Å²) < 4.78 is 46.1. The van der Waals surface area contributed by atoms with E-state index >= 15 is 0 Å². The molecule has 104 valence electrons. The Morgan fingerprint density at radius 3 is 1.39 bits per heavy atom. The zero-order chi connectivity index (χ0) is 13.6. The summed E-state index contributed by atoms with van der Waals surface area (Å²) in [6.07, 6.45) is 8.61. The van der Waals surface area contributed by atoms with Crippen molar-refractivity contribution in [2.75, 3.05) is 24.0 Å². The molecular formula is C12H20O4S2. The van der Waals surface area contributed by atoms with Crippen molar-refractivity contribution in [3.8, 4) is 0 Å². The first-order valence-corrected chi connectivity index (χ1v) is 10.3. The summed E-state index contributed by atoms with van der Waals surface area (Å²) >= 11 is 0. The molecule has 0 N–H and O–H groups in total. The average molecular weight is 292 g/mol. The van der Waals surface area contributed by atoms with Gasteiger partial charge in [-0.3, -0.25) is 0 Å². The Morgan fingerprint density at radius 1 is 0.833 bits per heavy atom. The van der Waals surface area contributed by atoms with Crippen LogP contribution in [0.4, 0.5) is 0 Å². The quantitative estimate of drug-likeness (QED) is 0.722. The lowest BCUT2D eigenvalue weighted by atomic mass is 9.63. The maximum atomic E-state index is 11.5. The van der Waals surface area contributed by atoms with Crippen molar-refractivity contribution in [3.05, 3.63) is 12.2 Å². The zero-order valence-electron chi connectivity index (χ0n) is 10.7. The Morgan fingerprint density at radius 2 is 1.17 bits per heavy atom. The average Bonchev–Trinajstić information content (AvgIpc) is 2.19. The summed E-state index contributed by atoms with van der Waals surface area (Å²) in [6, 6.07) is 0. The summed E-state index contributed by atoms with van der Waals surface area (Å²) in [5.41, 5.74) is 0. The lowest BCUT2D eigenvalue weighted by Crippen LogP contribution is -2.43. The van der Waals surface area contributed by atoms with E-state index in [4.69, 9.17) is 0 Å². The minimum atomic E-state index is -3.06. The number of hydrogen-bond acceptors (Lipinski definition) is 4. The van der Waals surface area contributed by atoms with E-state index < -0.39 is 19.7 Å². The van der Waals surface area contributed by atoms with Crippen LogP contribution in [0.15, 0.2) is 12.2 Å². The molecule has 2 bridgehead atoms. The lowest BCUT2D eigenvalue weighted by molar-refractivity contribution is 0.156. The molecule has 0 aromatic rings. The number of allylic oxidation sites excluding steroid dienone is 2. The summed E-state index contributed by atoms with van der Waals surface area (Å²) in [5.74, 6) is 0.627. The molecule has 3 rings (SSSR count). The van der Waals surface area contributed by atoms with Gasteiger partial charge < -0.3 is 0 Å². The Kier molecular flexibility index (Phi) is 3.62.